The lowest BCUT2D eigenvalue weighted by Crippen LogP contribution is -2.12. The average molecular weight is 403 g/mol. The van der Waals surface area contributed by atoms with E-state index in [0.29, 0.717) is 12.2 Å². The van der Waals surface area contributed by atoms with Crippen LogP contribution in [0, 0.1) is 6.92 Å². The van der Waals surface area contributed by atoms with Gasteiger partial charge in [-0.15, -0.1) is 11.3 Å². The summed E-state index contributed by atoms with van der Waals surface area (Å²) in [4.78, 5) is 17.4. The van der Waals surface area contributed by atoms with Gasteiger partial charge in [-0.3, -0.25) is 4.79 Å². The lowest BCUT2D eigenvalue weighted by atomic mass is 10.1. The van der Waals surface area contributed by atoms with Crippen molar-refractivity contribution in [1.29, 1.82) is 0 Å². The van der Waals surface area contributed by atoms with E-state index < -0.39 is 0 Å². The normalized spacial score (nSPS) is 10.8. The van der Waals surface area contributed by atoms with Crippen LogP contribution < -0.4 is 10.1 Å². The number of aryl methyl sites for hydroxylation is 1. The van der Waals surface area contributed by atoms with Crippen molar-refractivity contribution in [3.63, 3.8) is 0 Å². The predicted octanol–water partition coefficient (Wildman–Crippen LogP) is 6.31. The molecule has 0 saturated carbocycles. The van der Waals surface area contributed by atoms with Crippen LogP contribution in [0.5, 0.6) is 5.75 Å². The highest BCUT2D eigenvalue weighted by atomic mass is 32.1. The number of nitrogens with zero attached hydrogens (tertiary/aromatic N) is 1. The number of fused-ring (bicyclic) bond motifs is 1. The second kappa shape index (κ2) is 8.45. The fourth-order valence-corrected chi connectivity index (χ4v) is 3.96. The molecule has 4 rings (SSSR count). The van der Waals surface area contributed by atoms with E-state index in [0.717, 1.165) is 44.2 Å². The minimum atomic E-state index is -0.142. The number of hydrogen-bond donors (Lipinski definition) is 1. The molecule has 0 unspecified atom stereocenters. The Hall–Kier alpha value is -3.18. The van der Waals surface area contributed by atoms with Gasteiger partial charge in [-0.05, 0) is 61.4 Å². The first kappa shape index (κ1) is 19.2. The molecule has 0 aliphatic heterocycles. The lowest BCUT2D eigenvalue weighted by Gasteiger charge is -2.11. The minimum absolute atomic E-state index is 0.142. The fourth-order valence-electron chi connectivity index (χ4n) is 3.00. The molecule has 4 nitrogen and oxygen atoms in total. The van der Waals surface area contributed by atoms with Crippen molar-refractivity contribution in [3.8, 4) is 16.3 Å². The van der Waals surface area contributed by atoms with Crippen molar-refractivity contribution >= 4 is 33.1 Å². The molecule has 0 bridgehead atoms. The largest absolute Gasteiger partial charge is 0.494 e. The summed E-state index contributed by atoms with van der Waals surface area (Å²) in [5, 5.41) is 3.97. The monoisotopic (exact) mass is 402 g/mol. The summed E-state index contributed by atoms with van der Waals surface area (Å²) in [6.45, 7) is 4.72. The van der Waals surface area contributed by atoms with Gasteiger partial charge in [-0.2, -0.15) is 0 Å². The second-order valence-corrected chi connectivity index (χ2v) is 7.87. The highest BCUT2D eigenvalue weighted by Crippen LogP contribution is 2.32. The summed E-state index contributed by atoms with van der Waals surface area (Å²) < 4.78 is 6.73. The first-order valence-corrected chi connectivity index (χ1v) is 10.5. The van der Waals surface area contributed by atoms with Gasteiger partial charge in [0.2, 0.25) is 0 Å². The molecule has 1 aromatic heterocycles. The van der Waals surface area contributed by atoms with Crippen LogP contribution in [-0.4, -0.2) is 17.5 Å². The highest BCUT2D eigenvalue weighted by Gasteiger charge is 2.11. The summed E-state index contributed by atoms with van der Waals surface area (Å²) in [6, 6.07) is 21.4. The van der Waals surface area contributed by atoms with E-state index in [2.05, 4.69) is 18.3 Å². The Morgan fingerprint density at radius 2 is 1.86 bits per heavy atom. The molecule has 146 valence electrons. The Balaban J connectivity index is 1.55. The molecule has 29 heavy (non-hydrogen) atoms. The zero-order valence-electron chi connectivity index (χ0n) is 16.4. The first-order chi connectivity index (χ1) is 14.1. The molecular formula is C24H22N2O2S. The molecule has 5 heteroatoms. The molecular weight excluding hydrogens is 380 g/mol. The number of anilines is 1. The number of carbonyl (C=O) groups excluding carboxylic acids is 1. The van der Waals surface area contributed by atoms with Gasteiger partial charge < -0.3 is 10.1 Å². The van der Waals surface area contributed by atoms with Crippen molar-refractivity contribution < 1.29 is 9.53 Å². The van der Waals surface area contributed by atoms with E-state index >= 15 is 0 Å². The van der Waals surface area contributed by atoms with Crippen LogP contribution in [0.4, 0.5) is 5.69 Å². The Bertz CT molecular complexity index is 1120. The van der Waals surface area contributed by atoms with E-state index in [9.17, 15) is 4.79 Å². The molecule has 4 aromatic rings. The quantitative estimate of drug-likeness (QED) is 0.411. The van der Waals surface area contributed by atoms with Crippen molar-refractivity contribution in [2.45, 2.75) is 20.3 Å². The lowest BCUT2D eigenvalue weighted by molar-refractivity contribution is 0.102. The maximum Gasteiger partial charge on any atom is 0.255 e. The fraction of sp³-hybridized carbons (Fsp3) is 0.167. The Kier molecular flexibility index (Phi) is 5.58. The van der Waals surface area contributed by atoms with Gasteiger partial charge in [0, 0.05) is 16.8 Å². The van der Waals surface area contributed by atoms with Crippen LogP contribution in [0.15, 0.2) is 66.7 Å². The Morgan fingerprint density at radius 3 is 2.62 bits per heavy atom. The van der Waals surface area contributed by atoms with Gasteiger partial charge >= 0.3 is 0 Å². The summed E-state index contributed by atoms with van der Waals surface area (Å²) >= 11 is 1.65. The number of thiazole rings is 1. The zero-order chi connectivity index (χ0) is 20.2. The summed E-state index contributed by atoms with van der Waals surface area (Å²) in [5.74, 6) is 0.633. The summed E-state index contributed by atoms with van der Waals surface area (Å²) in [5.41, 5.74) is 4.38. The molecule has 0 atom stereocenters. The third-order valence-electron chi connectivity index (χ3n) is 4.62. The van der Waals surface area contributed by atoms with E-state index in [-0.39, 0.29) is 5.91 Å². The van der Waals surface area contributed by atoms with Crippen molar-refractivity contribution in [2.75, 3.05) is 11.9 Å². The Labute approximate surface area is 174 Å². The van der Waals surface area contributed by atoms with Gasteiger partial charge in [0.25, 0.3) is 5.91 Å². The number of hydrogen-bond acceptors (Lipinski definition) is 4. The maximum atomic E-state index is 12.7. The van der Waals surface area contributed by atoms with Crippen LogP contribution >= 0.6 is 11.3 Å². The molecule has 0 aliphatic carbocycles. The van der Waals surface area contributed by atoms with Gasteiger partial charge in [0.1, 0.15) is 10.8 Å². The molecule has 1 heterocycles. The van der Waals surface area contributed by atoms with E-state index in [1.807, 2.05) is 55.5 Å². The topological polar surface area (TPSA) is 51.2 Å². The molecule has 0 saturated heterocycles. The summed E-state index contributed by atoms with van der Waals surface area (Å²) in [6.07, 6.45) is 0.951. The third kappa shape index (κ3) is 4.30. The highest BCUT2D eigenvalue weighted by molar-refractivity contribution is 7.21. The predicted molar refractivity (Wildman–Crippen MR) is 120 cm³/mol. The Morgan fingerprint density at radius 1 is 1.07 bits per heavy atom. The van der Waals surface area contributed by atoms with Crippen molar-refractivity contribution in [3.05, 3.63) is 77.9 Å². The number of rotatable bonds is 6. The number of para-hydroxylation sites is 1. The first-order valence-electron chi connectivity index (χ1n) is 9.65. The number of carbonyl (C=O) groups is 1. The van der Waals surface area contributed by atoms with Crippen LogP contribution in [0.25, 0.3) is 20.8 Å². The van der Waals surface area contributed by atoms with Crippen LogP contribution in [-0.2, 0) is 0 Å². The number of nitrogens with one attached hydrogen (secondary N) is 1. The molecule has 0 aliphatic rings. The van der Waals surface area contributed by atoms with Crippen LogP contribution in [0.1, 0.15) is 29.3 Å². The smallest absolute Gasteiger partial charge is 0.255 e. The summed E-state index contributed by atoms with van der Waals surface area (Å²) in [7, 11) is 0. The molecule has 0 fully saturated rings. The molecule has 0 radical (unpaired) electrons. The van der Waals surface area contributed by atoms with Gasteiger partial charge in [-0.1, -0.05) is 31.2 Å². The number of aromatic nitrogens is 1. The molecule has 3 aromatic carbocycles. The van der Waals surface area contributed by atoms with Gasteiger partial charge in [0.15, 0.2) is 0 Å². The van der Waals surface area contributed by atoms with Gasteiger partial charge in [0.05, 0.1) is 16.8 Å². The average Bonchev–Trinajstić information content (AvgIpc) is 3.18. The van der Waals surface area contributed by atoms with E-state index in [1.54, 1.807) is 23.5 Å². The van der Waals surface area contributed by atoms with Gasteiger partial charge in [-0.25, -0.2) is 4.98 Å². The van der Waals surface area contributed by atoms with Crippen molar-refractivity contribution in [2.24, 2.45) is 0 Å². The van der Waals surface area contributed by atoms with Crippen LogP contribution in [0.2, 0.25) is 0 Å². The second-order valence-electron chi connectivity index (χ2n) is 6.84. The SMILES string of the molecule is CCCOc1ccc(C(=O)Nc2cc(-c3nc4ccccc4s3)ccc2C)cc1. The van der Waals surface area contributed by atoms with Crippen LogP contribution in [0.3, 0.4) is 0 Å². The van der Waals surface area contributed by atoms with E-state index in [1.165, 1.54) is 0 Å². The molecule has 1 amide bonds. The molecule has 1 N–H and O–H groups in total. The number of amides is 1. The maximum absolute atomic E-state index is 12.7. The number of benzene rings is 3. The number of ether oxygens (including phenoxy) is 1. The minimum Gasteiger partial charge on any atom is -0.494 e. The van der Waals surface area contributed by atoms with Crippen molar-refractivity contribution in [1.82, 2.24) is 4.98 Å². The third-order valence-corrected chi connectivity index (χ3v) is 5.70. The zero-order valence-corrected chi connectivity index (χ0v) is 17.3. The standard InChI is InChI=1S/C24H22N2O2S/c1-3-14-28-19-12-10-17(11-13-19)23(27)25-21-15-18(9-8-16(21)2)24-26-20-6-4-5-7-22(20)29-24/h4-13,15H,3,14H2,1-2H3,(H,25,27). The van der Waals surface area contributed by atoms with E-state index in [4.69, 9.17) is 9.72 Å². The molecule has 0 spiro atoms.